The molecule has 0 fully saturated rings. The lowest BCUT2D eigenvalue weighted by atomic mass is 10.0. The van der Waals surface area contributed by atoms with Gasteiger partial charge in [0.2, 0.25) is 0 Å². The molecule has 0 atom stereocenters. The van der Waals surface area contributed by atoms with Gasteiger partial charge in [0.1, 0.15) is 5.75 Å². The summed E-state index contributed by atoms with van der Waals surface area (Å²) >= 11 is 2.22. The molecule has 0 spiro atoms. The lowest BCUT2D eigenvalue weighted by Crippen LogP contribution is -2.17. The van der Waals surface area contributed by atoms with E-state index in [1.807, 2.05) is 43.3 Å². The van der Waals surface area contributed by atoms with Crippen molar-refractivity contribution in [2.75, 3.05) is 5.32 Å². The highest BCUT2D eigenvalue weighted by Gasteiger charge is 2.09. The summed E-state index contributed by atoms with van der Waals surface area (Å²) in [6.07, 6.45) is -0.472. The maximum atomic E-state index is 12.0. The highest BCUT2D eigenvalue weighted by molar-refractivity contribution is 14.1. The first-order valence-electron chi connectivity index (χ1n) is 6.80. The molecule has 0 unspecified atom stereocenters. The van der Waals surface area contributed by atoms with Crippen LogP contribution >= 0.6 is 22.6 Å². The third-order valence-corrected chi connectivity index (χ3v) is 3.89. The molecular formula is C17H18INO2. The summed E-state index contributed by atoms with van der Waals surface area (Å²) in [5.74, 6) is 0.997. The maximum Gasteiger partial charge on any atom is 0.417 e. The van der Waals surface area contributed by atoms with E-state index in [-0.39, 0.29) is 0 Å². The molecule has 2 aromatic rings. The number of hydrogen-bond acceptors (Lipinski definition) is 2. The van der Waals surface area contributed by atoms with Crippen molar-refractivity contribution >= 4 is 34.4 Å². The van der Waals surface area contributed by atoms with Crippen molar-refractivity contribution < 1.29 is 9.53 Å². The molecule has 0 radical (unpaired) electrons. The minimum atomic E-state index is -0.472. The average molecular weight is 395 g/mol. The predicted octanol–water partition coefficient (Wildman–Crippen LogP) is 5.33. The van der Waals surface area contributed by atoms with Gasteiger partial charge in [-0.1, -0.05) is 26.0 Å². The second-order valence-corrected chi connectivity index (χ2v) is 6.45. The molecule has 21 heavy (non-hydrogen) atoms. The summed E-state index contributed by atoms with van der Waals surface area (Å²) in [5.41, 5.74) is 2.81. The Morgan fingerprint density at radius 1 is 1.14 bits per heavy atom. The van der Waals surface area contributed by atoms with E-state index in [1.54, 1.807) is 0 Å². The van der Waals surface area contributed by atoms with Crippen LogP contribution in [0.5, 0.6) is 5.75 Å². The average Bonchev–Trinajstić information content (AvgIpc) is 2.43. The summed E-state index contributed by atoms with van der Waals surface area (Å²) in [5, 5.41) is 2.73. The van der Waals surface area contributed by atoms with Crippen LogP contribution < -0.4 is 10.1 Å². The van der Waals surface area contributed by atoms with Gasteiger partial charge in [-0.3, -0.25) is 5.32 Å². The fourth-order valence-corrected chi connectivity index (χ4v) is 2.22. The molecule has 4 heteroatoms. The first kappa shape index (κ1) is 15.8. The van der Waals surface area contributed by atoms with Crippen LogP contribution in [0.3, 0.4) is 0 Å². The van der Waals surface area contributed by atoms with Crippen molar-refractivity contribution in [1.29, 1.82) is 0 Å². The van der Waals surface area contributed by atoms with E-state index >= 15 is 0 Å². The van der Waals surface area contributed by atoms with Crippen LogP contribution in [0.2, 0.25) is 0 Å². The quantitative estimate of drug-likeness (QED) is 0.714. The van der Waals surface area contributed by atoms with Crippen LogP contribution in [0.15, 0.2) is 42.5 Å². The molecule has 1 N–H and O–H groups in total. The van der Waals surface area contributed by atoms with Gasteiger partial charge in [0, 0.05) is 9.26 Å². The molecule has 1 amide bonds. The highest BCUT2D eigenvalue weighted by atomic mass is 127. The Morgan fingerprint density at radius 3 is 2.43 bits per heavy atom. The monoisotopic (exact) mass is 395 g/mol. The van der Waals surface area contributed by atoms with Crippen molar-refractivity contribution in [3.05, 3.63) is 57.2 Å². The van der Waals surface area contributed by atoms with Crippen LogP contribution in [0, 0.1) is 10.5 Å². The number of carbonyl (C=O) groups is 1. The SMILES string of the molecule is Cc1ccc(C(C)C)cc1OC(=O)Nc1ccc(I)cc1. The zero-order chi connectivity index (χ0) is 15.4. The zero-order valence-electron chi connectivity index (χ0n) is 12.3. The molecule has 0 aliphatic rings. The Balaban J connectivity index is 2.08. The van der Waals surface area contributed by atoms with E-state index in [9.17, 15) is 4.79 Å². The number of rotatable bonds is 3. The Bertz CT molecular complexity index is 636. The molecule has 0 aromatic heterocycles. The fourth-order valence-electron chi connectivity index (χ4n) is 1.86. The maximum absolute atomic E-state index is 12.0. The van der Waals surface area contributed by atoms with E-state index in [2.05, 4.69) is 47.8 Å². The summed E-state index contributed by atoms with van der Waals surface area (Å²) in [6.45, 7) is 6.15. The van der Waals surface area contributed by atoms with Crippen molar-refractivity contribution in [2.45, 2.75) is 26.7 Å². The minimum absolute atomic E-state index is 0.396. The largest absolute Gasteiger partial charge is 0.417 e. The summed E-state index contributed by atoms with van der Waals surface area (Å²) < 4.78 is 6.54. The summed E-state index contributed by atoms with van der Waals surface area (Å²) in [6, 6.07) is 13.5. The Kier molecular flexibility index (Phi) is 5.22. The molecule has 0 bridgehead atoms. The fraction of sp³-hybridized carbons (Fsp3) is 0.235. The lowest BCUT2D eigenvalue weighted by Gasteiger charge is -2.12. The van der Waals surface area contributed by atoms with E-state index in [0.717, 1.165) is 20.4 Å². The standard InChI is InChI=1S/C17H18INO2/c1-11(2)13-5-4-12(3)16(10-13)21-17(20)19-15-8-6-14(18)7-9-15/h4-11H,1-3H3,(H,19,20). The van der Waals surface area contributed by atoms with Crippen molar-refractivity contribution in [2.24, 2.45) is 0 Å². The molecule has 2 rings (SSSR count). The van der Waals surface area contributed by atoms with E-state index in [0.29, 0.717) is 11.7 Å². The Morgan fingerprint density at radius 2 is 1.81 bits per heavy atom. The van der Waals surface area contributed by atoms with Crippen molar-refractivity contribution in [1.82, 2.24) is 0 Å². The van der Waals surface area contributed by atoms with Gasteiger partial charge in [-0.05, 0) is 76.9 Å². The van der Waals surface area contributed by atoms with Gasteiger partial charge in [-0.25, -0.2) is 4.79 Å². The number of hydrogen-bond donors (Lipinski definition) is 1. The second-order valence-electron chi connectivity index (χ2n) is 5.20. The smallest absolute Gasteiger partial charge is 0.410 e. The van der Waals surface area contributed by atoms with Gasteiger partial charge < -0.3 is 4.74 Å². The van der Waals surface area contributed by atoms with Crippen molar-refractivity contribution in [3.63, 3.8) is 0 Å². The number of halogens is 1. The van der Waals surface area contributed by atoms with Crippen LogP contribution in [-0.2, 0) is 0 Å². The third kappa shape index (κ3) is 4.46. The van der Waals surface area contributed by atoms with E-state index in [1.165, 1.54) is 0 Å². The van der Waals surface area contributed by atoms with Gasteiger partial charge >= 0.3 is 6.09 Å². The summed E-state index contributed by atoms with van der Waals surface area (Å²) in [4.78, 5) is 12.0. The minimum Gasteiger partial charge on any atom is -0.410 e. The van der Waals surface area contributed by atoms with E-state index in [4.69, 9.17) is 4.74 Å². The van der Waals surface area contributed by atoms with E-state index < -0.39 is 6.09 Å². The van der Waals surface area contributed by atoms with Crippen molar-refractivity contribution in [3.8, 4) is 5.75 Å². The number of ether oxygens (including phenoxy) is 1. The van der Waals surface area contributed by atoms with Gasteiger partial charge in [0.05, 0.1) is 0 Å². The number of carbonyl (C=O) groups excluding carboxylic acids is 1. The molecule has 0 aliphatic carbocycles. The van der Waals surface area contributed by atoms with Crippen LogP contribution in [-0.4, -0.2) is 6.09 Å². The molecule has 0 saturated carbocycles. The van der Waals surface area contributed by atoms with Crippen LogP contribution in [0.1, 0.15) is 30.9 Å². The molecule has 3 nitrogen and oxygen atoms in total. The summed E-state index contributed by atoms with van der Waals surface area (Å²) in [7, 11) is 0. The highest BCUT2D eigenvalue weighted by Crippen LogP contribution is 2.24. The van der Waals surface area contributed by atoms with Crippen LogP contribution in [0.4, 0.5) is 10.5 Å². The Labute approximate surface area is 138 Å². The predicted molar refractivity (Wildman–Crippen MR) is 94.1 cm³/mol. The van der Waals surface area contributed by atoms with Gasteiger partial charge in [-0.2, -0.15) is 0 Å². The normalized spacial score (nSPS) is 10.5. The number of amides is 1. The number of nitrogens with one attached hydrogen (secondary N) is 1. The second kappa shape index (κ2) is 6.93. The van der Waals surface area contributed by atoms with Crippen LogP contribution in [0.25, 0.3) is 0 Å². The zero-order valence-corrected chi connectivity index (χ0v) is 14.5. The van der Waals surface area contributed by atoms with Gasteiger partial charge in [0.15, 0.2) is 0 Å². The Hall–Kier alpha value is -1.56. The first-order chi connectivity index (χ1) is 9.95. The number of anilines is 1. The topological polar surface area (TPSA) is 38.3 Å². The number of aryl methyl sites for hydroxylation is 1. The molecule has 0 saturated heterocycles. The molecule has 2 aromatic carbocycles. The lowest BCUT2D eigenvalue weighted by molar-refractivity contribution is 0.215. The molecular weight excluding hydrogens is 377 g/mol. The van der Waals surface area contributed by atoms with Gasteiger partial charge in [0.25, 0.3) is 0 Å². The third-order valence-electron chi connectivity index (χ3n) is 3.17. The van der Waals surface area contributed by atoms with Gasteiger partial charge in [-0.15, -0.1) is 0 Å². The molecule has 110 valence electrons. The molecule has 0 aliphatic heterocycles. The first-order valence-corrected chi connectivity index (χ1v) is 7.88. The molecule has 0 heterocycles. The number of benzene rings is 2.